The van der Waals surface area contributed by atoms with Crippen LogP contribution in [-0.4, -0.2) is 28.4 Å². The third kappa shape index (κ3) is 2.71. The van der Waals surface area contributed by atoms with Gasteiger partial charge in [0.25, 0.3) is 11.5 Å². The molecule has 0 unspecified atom stereocenters. The highest BCUT2D eigenvalue weighted by molar-refractivity contribution is 6.51. The normalized spacial score (nSPS) is 16.6. The number of Topliss-reactive ketones (excluding diaryl/α,β-unsaturated/α-hetero) is 1. The summed E-state index contributed by atoms with van der Waals surface area (Å²) in [6.07, 6.45) is 1.66. The molecule has 1 aliphatic rings. The average Bonchev–Trinajstić information content (AvgIpc) is 3.04. The van der Waals surface area contributed by atoms with Crippen molar-refractivity contribution in [2.24, 2.45) is 0 Å². The van der Waals surface area contributed by atoms with Gasteiger partial charge in [-0.15, -0.1) is 0 Å². The standard InChI is InChI=1S/C21H17N3O3/c1-2-24-16-11-7-6-10-14(16)19(25)17(21(24)27)18-15(20(26)23-22-18)12-13-8-4-3-5-9-13/h3-12,22H,2H2,1H3,(H,23,26)/b15-12-,18-17?. The number of amides is 1. The van der Waals surface area contributed by atoms with Crippen molar-refractivity contribution in [1.82, 2.24) is 10.2 Å². The zero-order valence-corrected chi connectivity index (χ0v) is 14.7. The smallest absolute Gasteiger partial charge is 0.271 e. The zero-order chi connectivity index (χ0) is 19.0. The van der Waals surface area contributed by atoms with Gasteiger partial charge >= 0.3 is 0 Å². The second-order valence-electron chi connectivity index (χ2n) is 6.19. The Morgan fingerprint density at radius 2 is 1.63 bits per heavy atom. The third-order valence-electron chi connectivity index (χ3n) is 4.62. The monoisotopic (exact) mass is 359 g/mol. The quantitative estimate of drug-likeness (QED) is 0.714. The van der Waals surface area contributed by atoms with Crippen LogP contribution in [-0.2, 0) is 4.79 Å². The van der Waals surface area contributed by atoms with Gasteiger partial charge in [-0.3, -0.25) is 24.6 Å². The Hall–Kier alpha value is -3.67. The van der Waals surface area contributed by atoms with Crippen LogP contribution in [0, 0.1) is 0 Å². The van der Waals surface area contributed by atoms with Crippen LogP contribution >= 0.6 is 0 Å². The van der Waals surface area contributed by atoms with Gasteiger partial charge in [-0.2, -0.15) is 0 Å². The molecule has 0 radical (unpaired) electrons. The van der Waals surface area contributed by atoms with Crippen LogP contribution < -0.4 is 21.0 Å². The first-order chi connectivity index (χ1) is 13.1. The van der Waals surface area contributed by atoms with Crippen LogP contribution in [0.25, 0.3) is 11.6 Å². The summed E-state index contributed by atoms with van der Waals surface area (Å²) in [7, 11) is 0. The molecule has 2 aromatic carbocycles. The van der Waals surface area contributed by atoms with Gasteiger partial charge in [-0.1, -0.05) is 42.5 Å². The summed E-state index contributed by atoms with van der Waals surface area (Å²) in [6, 6.07) is 16.3. The van der Waals surface area contributed by atoms with E-state index in [0.29, 0.717) is 17.8 Å². The number of carbonyl (C=O) groups is 2. The van der Waals surface area contributed by atoms with Gasteiger partial charge in [-0.25, -0.2) is 0 Å². The molecule has 1 amide bonds. The number of aromatic amines is 2. The Labute approximate surface area is 154 Å². The van der Waals surface area contributed by atoms with Crippen LogP contribution in [0.1, 0.15) is 22.8 Å². The number of nitrogens with one attached hydrogen (secondary N) is 2. The lowest BCUT2D eigenvalue weighted by Gasteiger charge is -2.28. The number of aromatic nitrogens is 2. The minimum atomic E-state index is -0.417. The van der Waals surface area contributed by atoms with E-state index >= 15 is 0 Å². The van der Waals surface area contributed by atoms with E-state index in [0.717, 1.165) is 5.56 Å². The van der Waals surface area contributed by atoms with E-state index in [9.17, 15) is 14.4 Å². The van der Waals surface area contributed by atoms with Crippen molar-refractivity contribution in [1.29, 1.82) is 0 Å². The van der Waals surface area contributed by atoms with E-state index in [2.05, 4.69) is 10.2 Å². The number of carbonyl (C=O) groups excluding carboxylic acids is 2. The highest BCUT2D eigenvalue weighted by atomic mass is 16.2. The molecular weight excluding hydrogens is 342 g/mol. The fraction of sp³-hybridized carbons (Fsp3) is 0.0952. The SMILES string of the molecule is CCN1C(=O)C(=c2[nH][nH]c(=O)/c2=C\c2ccccc2)C(=O)c2ccccc21. The molecule has 2 heterocycles. The van der Waals surface area contributed by atoms with E-state index in [1.165, 1.54) is 0 Å². The Bertz CT molecular complexity index is 1220. The van der Waals surface area contributed by atoms with Crippen molar-refractivity contribution in [2.45, 2.75) is 6.92 Å². The molecule has 1 aromatic heterocycles. The summed E-state index contributed by atoms with van der Waals surface area (Å²) < 4.78 is 0. The first-order valence-corrected chi connectivity index (χ1v) is 8.65. The summed E-state index contributed by atoms with van der Waals surface area (Å²) in [5, 5.41) is 5.70. The molecule has 0 saturated carbocycles. The molecule has 6 nitrogen and oxygen atoms in total. The number of rotatable bonds is 2. The van der Waals surface area contributed by atoms with Gasteiger partial charge in [0.05, 0.1) is 16.3 Å². The fourth-order valence-corrected chi connectivity index (χ4v) is 3.33. The minimum absolute atomic E-state index is 0.0314. The number of hydrogen-bond donors (Lipinski definition) is 2. The number of nitrogens with zero attached hydrogens (tertiary/aromatic N) is 1. The average molecular weight is 359 g/mol. The summed E-state index contributed by atoms with van der Waals surface area (Å²) in [5.74, 6) is -0.808. The highest BCUT2D eigenvalue weighted by Crippen LogP contribution is 2.29. The van der Waals surface area contributed by atoms with Crippen molar-refractivity contribution < 1.29 is 9.59 Å². The maximum absolute atomic E-state index is 13.1. The number of benzene rings is 2. The largest absolute Gasteiger partial charge is 0.308 e. The van der Waals surface area contributed by atoms with E-state index in [4.69, 9.17) is 0 Å². The van der Waals surface area contributed by atoms with Crippen molar-refractivity contribution in [3.63, 3.8) is 0 Å². The van der Waals surface area contributed by atoms with Crippen LogP contribution in [0.3, 0.4) is 0 Å². The number of fused-ring (bicyclic) bond motifs is 1. The molecule has 0 bridgehead atoms. The molecule has 3 aromatic rings. The van der Waals surface area contributed by atoms with Gasteiger partial charge in [0.2, 0.25) is 5.78 Å². The molecule has 27 heavy (non-hydrogen) atoms. The lowest BCUT2D eigenvalue weighted by atomic mass is 9.94. The molecule has 0 spiro atoms. The number of anilines is 1. The Morgan fingerprint density at radius 3 is 2.37 bits per heavy atom. The van der Waals surface area contributed by atoms with E-state index in [1.807, 2.05) is 37.3 Å². The molecule has 2 N–H and O–H groups in total. The van der Waals surface area contributed by atoms with Crippen LogP contribution in [0.4, 0.5) is 5.69 Å². The second-order valence-corrected chi connectivity index (χ2v) is 6.19. The molecule has 134 valence electrons. The van der Waals surface area contributed by atoms with Crippen LogP contribution in [0.5, 0.6) is 0 Å². The second kappa shape index (κ2) is 6.57. The highest BCUT2D eigenvalue weighted by Gasteiger charge is 2.34. The molecule has 1 aliphatic heterocycles. The van der Waals surface area contributed by atoms with Gasteiger partial charge in [0.1, 0.15) is 5.57 Å². The summed E-state index contributed by atoms with van der Waals surface area (Å²) in [5.41, 5.74) is 1.42. The minimum Gasteiger partial charge on any atom is -0.308 e. The molecule has 0 atom stereocenters. The van der Waals surface area contributed by atoms with E-state index in [-0.39, 0.29) is 21.7 Å². The van der Waals surface area contributed by atoms with Crippen molar-refractivity contribution in [3.8, 4) is 0 Å². The van der Waals surface area contributed by atoms with Crippen molar-refractivity contribution in [3.05, 3.63) is 86.6 Å². The third-order valence-corrected chi connectivity index (χ3v) is 4.62. The fourth-order valence-electron chi connectivity index (χ4n) is 3.33. The van der Waals surface area contributed by atoms with Crippen molar-refractivity contribution >= 4 is 29.0 Å². The molecule has 0 saturated heterocycles. The van der Waals surface area contributed by atoms with Gasteiger partial charge in [0, 0.05) is 12.1 Å². The zero-order valence-electron chi connectivity index (χ0n) is 14.7. The lowest BCUT2D eigenvalue weighted by Crippen LogP contribution is -2.45. The molecule has 0 aliphatic carbocycles. The summed E-state index contributed by atoms with van der Waals surface area (Å²) in [6.45, 7) is 2.26. The first-order valence-electron chi connectivity index (χ1n) is 8.65. The van der Waals surface area contributed by atoms with Gasteiger partial charge in [-0.05, 0) is 30.7 Å². The Morgan fingerprint density at radius 1 is 0.926 bits per heavy atom. The number of para-hydroxylation sites is 1. The molecular formula is C21H17N3O3. The van der Waals surface area contributed by atoms with E-state index in [1.54, 1.807) is 35.2 Å². The predicted octanol–water partition coefficient (Wildman–Crippen LogP) is 0.932. The maximum Gasteiger partial charge on any atom is 0.271 e. The molecule has 6 heteroatoms. The Balaban J connectivity index is 2.06. The van der Waals surface area contributed by atoms with Crippen LogP contribution in [0.2, 0.25) is 0 Å². The lowest BCUT2D eigenvalue weighted by molar-refractivity contribution is -0.113. The van der Waals surface area contributed by atoms with E-state index < -0.39 is 11.7 Å². The number of hydrogen-bond acceptors (Lipinski definition) is 3. The number of ketones is 1. The van der Waals surface area contributed by atoms with Crippen LogP contribution in [0.15, 0.2) is 59.4 Å². The summed E-state index contributed by atoms with van der Waals surface area (Å²) in [4.78, 5) is 40.0. The summed E-state index contributed by atoms with van der Waals surface area (Å²) >= 11 is 0. The predicted molar refractivity (Wildman–Crippen MR) is 103 cm³/mol. The van der Waals surface area contributed by atoms with Crippen molar-refractivity contribution in [2.75, 3.05) is 11.4 Å². The van der Waals surface area contributed by atoms with Gasteiger partial charge in [0.15, 0.2) is 0 Å². The number of H-pyrrole nitrogens is 2. The first kappa shape index (κ1) is 16.8. The van der Waals surface area contributed by atoms with Gasteiger partial charge < -0.3 is 4.90 Å². The Kier molecular flexibility index (Phi) is 4.08. The molecule has 0 fully saturated rings. The molecule has 4 rings (SSSR count). The topological polar surface area (TPSA) is 86.0 Å². The maximum atomic E-state index is 13.1.